The number of aromatic nitrogens is 2. The predicted molar refractivity (Wildman–Crippen MR) is 93.8 cm³/mol. The number of nitrogens with one attached hydrogen (secondary N) is 2. The van der Waals surface area contributed by atoms with Gasteiger partial charge in [-0.3, -0.25) is 0 Å². The lowest BCUT2D eigenvalue weighted by Gasteiger charge is -2.10. The highest BCUT2D eigenvalue weighted by Crippen LogP contribution is 2.21. The molecule has 122 valence electrons. The first-order chi connectivity index (χ1) is 11.5. The molecule has 4 nitrogen and oxygen atoms in total. The van der Waals surface area contributed by atoms with Gasteiger partial charge in [0.15, 0.2) is 11.6 Å². The van der Waals surface area contributed by atoms with Gasteiger partial charge >= 0.3 is 0 Å². The number of anilines is 4. The van der Waals surface area contributed by atoms with E-state index in [1.54, 1.807) is 6.07 Å². The molecule has 0 aliphatic rings. The third-order valence-corrected chi connectivity index (χ3v) is 3.68. The topological polar surface area (TPSA) is 49.8 Å². The third kappa shape index (κ3) is 4.05. The number of benzene rings is 2. The Morgan fingerprint density at radius 3 is 2.25 bits per heavy atom. The summed E-state index contributed by atoms with van der Waals surface area (Å²) >= 11 is 3.38. The van der Waals surface area contributed by atoms with E-state index in [0.29, 0.717) is 17.5 Å². The fourth-order valence-corrected chi connectivity index (χ4v) is 2.34. The molecule has 0 amide bonds. The molecule has 3 aromatic rings. The lowest BCUT2D eigenvalue weighted by atomic mass is 10.3. The fraction of sp³-hybridized carbons (Fsp3) is 0.0588. The first-order valence-corrected chi connectivity index (χ1v) is 7.89. The molecule has 0 unspecified atom stereocenters. The average molecular weight is 391 g/mol. The second-order valence-electron chi connectivity index (χ2n) is 5.10. The van der Waals surface area contributed by atoms with E-state index in [1.807, 2.05) is 31.2 Å². The molecule has 0 spiro atoms. The van der Waals surface area contributed by atoms with Crippen molar-refractivity contribution in [2.75, 3.05) is 10.6 Å². The maximum Gasteiger partial charge on any atom is 0.229 e. The van der Waals surface area contributed by atoms with Gasteiger partial charge in [-0.1, -0.05) is 15.9 Å². The summed E-state index contributed by atoms with van der Waals surface area (Å²) in [7, 11) is 0. The summed E-state index contributed by atoms with van der Waals surface area (Å²) in [6, 6.07) is 13.0. The molecule has 2 aromatic carbocycles. The Morgan fingerprint density at radius 1 is 0.833 bits per heavy atom. The molecule has 0 saturated carbocycles. The Bertz CT molecular complexity index is 869. The van der Waals surface area contributed by atoms with Crippen LogP contribution >= 0.6 is 15.9 Å². The summed E-state index contributed by atoms with van der Waals surface area (Å²) < 4.78 is 27.3. The Balaban J connectivity index is 1.82. The maximum atomic E-state index is 13.3. The zero-order valence-corrected chi connectivity index (χ0v) is 14.2. The van der Waals surface area contributed by atoms with E-state index in [1.165, 1.54) is 6.07 Å². The van der Waals surface area contributed by atoms with E-state index in [9.17, 15) is 8.78 Å². The van der Waals surface area contributed by atoms with Crippen LogP contribution in [0.25, 0.3) is 0 Å². The highest BCUT2D eigenvalue weighted by molar-refractivity contribution is 9.10. The zero-order chi connectivity index (χ0) is 17.1. The van der Waals surface area contributed by atoms with Gasteiger partial charge in [0.2, 0.25) is 5.95 Å². The number of aryl methyl sites for hydroxylation is 1. The van der Waals surface area contributed by atoms with Crippen LogP contribution in [0, 0.1) is 18.6 Å². The molecule has 0 fully saturated rings. The first kappa shape index (κ1) is 16.3. The molecule has 0 aliphatic carbocycles. The number of hydrogen-bond acceptors (Lipinski definition) is 4. The number of nitrogens with zero attached hydrogens (tertiary/aromatic N) is 2. The minimum Gasteiger partial charge on any atom is -0.340 e. The van der Waals surface area contributed by atoms with Crippen molar-refractivity contribution in [3.63, 3.8) is 0 Å². The van der Waals surface area contributed by atoms with Crippen molar-refractivity contribution in [3.8, 4) is 0 Å². The lowest BCUT2D eigenvalue weighted by molar-refractivity contribution is 0.509. The molecule has 0 atom stereocenters. The van der Waals surface area contributed by atoms with E-state index in [-0.39, 0.29) is 0 Å². The lowest BCUT2D eigenvalue weighted by Crippen LogP contribution is -2.02. The van der Waals surface area contributed by atoms with Crippen molar-refractivity contribution in [2.45, 2.75) is 6.92 Å². The first-order valence-electron chi connectivity index (χ1n) is 7.10. The SMILES string of the molecule is Cc1cc(Nc2ccc(Br)cc2)nc(Nc2ccc(F)c(F)c2)n1. The summed E-state index contributed by atoms with van der Waals surface area (Å²) in [6.07, 6.45) is 0. The molecule has 0 bridgehead atoms. The van der Waals surface area contributed by atoms with Gasteiger partial charge < -0.3 is 10.6 Å². The van der Waals surface area contributed by atoms with E-state index in [2.05, 4.69) is 36.5 Å². The van der Waals surface area contributed by atoms with Crippen LogP contribution in [0.5, 0.6) is 0 Å². The van der Waals surface area contributed by atoms with Crippen LogP contribution in [0.4, 0.5) is 31.9 Å². The number of hydrogen-bond donors (Lipinski definition) is 2. The van der Waals surface area contributed by atoms with Crippen molar-refractivity contribution < 1.29 is 8.78 Å². The zero-order valence-electron chi connectivity index (χ0n) is 12.6. The van der Waals surface area contributed by atoms with Crippen molar-refractivity contribution in [1.29, 1.82) is 0 Å². The second kappa shape index (κ2) is 6.92. The molecule has 2 N–H and O–H groups in total. The van der Waals surface area contributed by atoms with Crippen molar-refractivity contribution in [1.82, 2.24) is 9.97 Å². The smallest absolute Gasteiger partial charge is 0.229 e. The second-order valence-corrected chi connectivity index (χ2v) is 6.02. The van der Waals surface area contributed by atoms with E-state index >= 15 is 0 Å². The van der Waals surface area contributed by atoms with Crippen LogP contribution in [0.2, 0.25) is 0 Å². The summed E-state index contributed by atoms with van der Waals surface area (Å²) in [4.78, 5) is 8.59. The van der Waals surface area contributed by atoms with Crippen LogP contribution in [0.3, 0.4) is 0 Å². The minimum absolute atomic E-state index is 0.292. The molecule has 7 heteroatoms. The molecule has 0 radical (unpaired) electrons. The Morgan fingerprint density at radius 2 is 1.54 bits per heavy atom. The van der Waals surface area contributed by atoms with Crippen molar-refractivity contribution in [2.24, 2.45) is 0 Å². The summed E-state index contributed by atoms with van der Waals surface area (Å²) in [5.74, 6) is -0.945. The van der Waals surface area contributed by atoms with Gasteiger partial charge in [0.25, 0.3) is 0 Å². The Labute approximate surface area is 146 Å². The highest BCUT2D eigenvalue weighted by atomic mass is 79.9. The molecular formula is C17H13BrF2N4. The molecule has 0 saturated heterocycles. The van der Waals surface area contributed by atoms with Gasteiger partial charge in [0, 0.05) is 33.7 Å². The molecular weight excluding hydrogens is 378 g/mol. The molecule has 24 heavy (non-hydrogen) atoms. The van der Waals surface area contributed by atoms with Gasteiger partial charge in [0.1, 0.15) is 5.82 Å². The van der Waals surface area contributed by atoms with E-state index in [0.717, 1.165) is 28.0 Å². The van der Waals surface area contributed by atoms with Gasteiger partial charge in [-0.15, -0.1) is 0 Å². The van der Waals surface area contributed by atoms with Gasteiger partial charge in [0.05, 0.1) is 0 Å². The number of rotatable bonds is 4. The summed E-state index contributed by atoms with van der Waals surface area (Å²) in [5.41, 5.74) is 1.97. The third-order valence-electron chi connectivity index (χ3n) is 3.15. The normalized spacial score (nSPS) is 10.5. The van der Waals surface area contributed by atoms with Crippen LogP contribution < -0.4 is 10.6 Å². The molecule has 0 aliphatic heterocycles. The number of halogens is 3. The van der Waals surface area contributed by atoms with Crippen molar-refractivity contribution in [3.05, 3.63) is 70.3 Å². The van der Waals surface area contributed by atoms with E-state index in [4.69, 9.17) is 0 Å². The standard InChI is InChI=1S/C17H13BrF2N4/c1-10-8-16(22-12-4-2-11(18)3-5-12)24-17(21-10)23-13-6-7-14(19)15(20)9-13/h2-9H,1H3,(H2,21,22,23,24). The molecule has 1 aromatic heterocycles. The van der Waals surface area contributed by atoms with E-state index < -0.39 is 11.6 Å². The monoisotopic (exact) mass is 390 g/mol. The van der Waals surface area contributed by atoms with Gasteiger partial charge in [-0.25, -0.2) is 13.8 Å². The van der Waals surface area contributed by atoms with Gasteiger partial charge in [-0.2, -0.15) is 4.98 Å². The predicted octanol–water partition coefficient (Wildman–Crippen LogP) is 5.31. The minimum atomic E-state index is -0.930. The largest absolute Gasteiger partial charge is 0.340 e. The molecule has 3 rings (SSSR count). The maximum absolute atomic E-state index is 13.3. The van der Waals surface area contributed by atoms with Crippen molar-refractivity contribution >= 4 is 39.1 Å². The highest BCUT2D eigenvalue weighted by Gasteiger charge is 2.06. The van der Waals surface area contributed by atoms with Crippen LogP contribution in [-0.4, -0.2) is 9.97 Å². The quantitative estimate of drug-likeness (QED) is 0.633. The van der Waals surface area contributed by atoms with Crippen LogP contribution in [-0.2, 0) is 0 Å². The summed E-state index contributed by atoms with van der Waals surface area (Å²) in [5, 5.41) is 6.04. The average Bonchev–Trinajstić information content (AvgIpc) is 2.53. The van der Waals surface area contributed by atoms with Gasteiger partial charge in [-0.05, 0) is 43.3 Å². The summed E-state index contributed by atoms with van der Waals surface area (Å²) in [6.45, 7) is 1.82. The van der Waals surface area contributed by atoms with Crippen LogP contribution in [0.1, 0.15) is 5.69 Å². The Kier molecular flexibility index (Phi) is 4.71. The Hall–Kier alpha value is -2.54. The molecule has 1 heterocycles. The fourth-order valence-electron chi connectivity index (χ4n) is 2.07. The van der Waals surface area contributed by atoms with Crippen LogP contribution in [0.15, 0.2) is 53.0 Å².